The molecule has 126 valence electrons. The molecule has 0 bridgehead atoms. The van der Waals surface area contributed by atoms with Gasteiger partial charge < -0.3 is 19.9 Å². The number of hydrogen-bond acceptors (Lipinski definition) is 5. The molecule has 0 fully saturated rings. The second-order valence-corrected chi connectivity index (χ2v) is 5.45. The number of aromatic nitrogens is 2. The van der Waals surface area contributed by atoms with Crippen molar-refractivity contribution >= 4 is 17.6 Å². The van der Waals surface area contributed by atoms with Gasteiger partial charge in [0.05, 0.1) is 17.1 Å². The summed E-state index contributed by atoms with van der Waals surface area (Å²) in [5, 5.41) is 15.8. The lowest BCUT2D eigenvalue weighted by Crippen LogP contribution is -2.40. The lowest BCUT2D eigenvalue weighted by atomic mass is 10.2. The molecule has 24 heavy (non-hydrogen) atoms. The SMILES string of the molecule is Cc1nn(CC(=O)O)c(C)c1NC(=O)C1COc2ccccc2O1. The maximum absolute atomic E-state index is 12.4. The molecule has 1 aliphatic rings. The summed E-state index contributed by atoms with van der Waals surface area (Å²) in [6, 6.07) is 7.13. The Morgan fingerprint density at radius 1 is 1.33 bits per heavy atom. The molecule has 2 heterocycles. The summed E-state index contributed by atoms with van der Waals surface area (Å²) < 4.78 is 12.5. The van der Waals surface area contributed by atoms with Crippen LogP contribution in [0.25, 0.3) is 0 Å². The molecular weight excluding hydrogens is 314 g/mol. The van der Waals surface area contributed by atoms with Gasteiger partial charge in [0, 0.05) is 0 Å². The van der Waals surface area contributed by atoms with E-state index in [4.69, 9.17) is 14.6 Å². The summed E-state index contributed by atoms with van der Waals surface area (Å²) in [6.07, 6.45) is -0.790. The molecule has 2 aromatic rings. The molecule has 0 spiro atoms. The Balaban J connectivity index is 1.74. The van der Waals surface area contributed by atoms with E-state index in [1.807, 2.05) is 6.07 Å². The zero-order valence-electron chi connectivity index (χ0n) is 13.3. The molecule has 1 atom stereocenters. The van der Waals surface area contributed by atoms with Gasteiger partial charge in [-0.05, 0) is 26.0 Å². The number of carbonyl (C=O) groups excluding carboxylic acids is 1. The third-order valence-corrected chi connectivity index (χ3v) is 3.72. The van der Waals surface area contributed by atoms with Crippen molar-refractivity contribution < 1.29 is 24.2 Å². The molecule has 0 aliphatic carbocycles. The molecule has 1 unspecified atom stereocenters. The number of carboxylic acids is 1. The van der Waals surface area contributed by atoms with Gasteiger partial charge in [-0.2, -0.15) is 5.10 Å². The average molecular weight is 331 g/mol. The first-order valence-electron chi connectivity index (χ1n) is 7.41. The summed E-state index contributed by atoms with van der Waals surface area (Å²) >= 11 is 0. The van der Waals surface area contributed by atoms with Gasteiger partial charge >= 0.3 is 5.97 Å². The van der Waals surface area contributed by atoms with Crippen molar-refractivity contribution in [3.63, 3.8) is 0 Å². The van der Waals surface area contributed by atoms with Crippen LogP contribution in [0.2, 0.25) is 0 Å². The maximum atomic E-state index is 12.4. The molecule has 8 heteroatoms. The van der Waals surface area contributed by atoms with E-state index in [1.54, 1.807) is 32.0 Å². The number of nitrogens with one attached hydrogen (secondary N) is 1. The molecular formula is C16H17N3O5. The smallest absolute Gasteiger partial charge is 0.325 e. The first kappa shape index (κ1) is 15.9. The van der Waals surface area contributed by atoms with Gasteiger partial charge in [0.1, 0.15) is 13.2 Å². The third-order valence-electron chi connectivity index (χ3n) is 3.72. The number of hydrogen-bond donors (Lipinski definition) is 2. The van der Waals surface area contributed by atoms with E-state index in [1.165, 1.54) is 4.68 Å². The number of benzene rings is 1. The van der Waals surface area contributed by atoms with E-state index in [2.05, 4.69) is 10.4 Å². The first-order chi connectivity index (χ1) is 11.5. The van der Waals surface area contributed by atoms with E-state index in [-0.39, 0.29) is 19.1 Å². The van der Waals surface area contributed by atoms with Crippen LogP contribution in [-0.4, -0.2) is 39.5 Å². The molecule has 0 saturated heterocycles. The maximum Gasteiger partial charge on any atom is 0.325 e. The predicted octanol–water partition coefficient (Wildman–Crippen LogP) is 1.36. The number of carboxylic acid groups (broad SMARTS) is 1. The van der Waals surface area contributed by atoms with E-state index >= 15 is 0 Å². The fourth-order valence-corrected chi connectivity index (χ4v) is 2.51. The normalized spacial score (nSPS) is 15.8. The summed E-state index contributed by atoms with van der Waals surface area (Å²) in [6.45, 7) is 3.24. The molecule has 1 aromatic heterocycles. The van der Waals surface area contributed by atoms with Crippen LogP contribution in [-0.2, 0) is 16.1 Å². The lowest BCUT2D eigenvalue weighted by Gasteiger charge is -2.25. The summed E-state index contributed by atoms with van der Waals surface area (Å²) in [7, 11) is 0. The van der Waals surface area contributed by atoms with Crippen molar-refractivity contribution in [3.05, 3.63) is 35.7 Å². The van der Waals surface area contributed by atoms with Crippen LogP contribution in [0.1, 0.15) is 11.4 Å². The van der Waals surface area contributed by atoms with Gasteiger partial charge in [-0.25, -0.2) is 0 Å². The Bertz CT molecular complexity index is 799. The average Bonchev–Trinajstić information content (AvgIpc) is 2.81. The number of aryl methyl sites for hydroxylation is 1. The second-order valence-electron chi connectivity index (χ2n) is 5.45. The van der Waals surface area contributed by atoms with Crippen molar-refractivity contribution in [2.45, 2.75) is 26.5 Å². The highest BCUT2D eigenvalue weighted by Gasteiger charge is 2.28. The second kappa shape index (κ2) is 6.23. The van der Waals surface area contributed by atoms with Crippen LogP contribution in [0, 0.1) is 13.8 Å². The fraction of sp³-hybridized carbons (Fsp3) is 0.312. The lowest BCUT2D eigenvalue weighted by molar-refractivity contribution is -0.138. The van der Waals surface area contributed by atoms with Crippen LogP contribution >= 0.6 is 0 Å². The number of rotatable bonds is 4. The van der Waals surface area contributed by atoms with Crippen LogP contribution in [0.15, 0.2) is 24.3 Å². The molecule has 0 radical (unpaired) electrons. The topological polar surface area (TPSA) is 103 Å². The predicted molar refractivity (Wildman–Crippen MR) is 84.3 cm³/mol. The van der Waals surface area contributed by atoms with Crippen LogP contribution < -0.4 is 14.8 Å². The van der Waals surface area contributed by atoms with Crippen molar-refractivity contribution in [1.82, 2.24) is 9.78 Å². The van der Waals surface area contributed by atoms with Crippen molar-refractivity contribution in [2.24, 2.45) is 0 Å². The molecule has 1 aromatic carbocycles. The van der Waals surface area contributed by atoms with Crippen LogP contribution in [0.4, 0.5) is 5.69 Å². The number of amides is 1. The molecule has 1 amide bonds. The number of para-hydroxylation sites is 2. The monoisotopic (exact) mass is 331 g/mol. The number of aliphatic carboxylic acids is 1. The minimum absolute atomic E-state index is 0.101. The molecule has 2 N–H and O–H groups in total. The van der Waals surface area contributed by atoms with Gasteiger partial charge in [0.2, 0.25) is 6.10 Å². The minimum atomic E-state index is -1.00. The zero-order chi connectivity index (χ0) is 17.3. The first-order valence-corrected chi connectivity index (χ1v) is 7.41. The number of nitrogens with zero attached hydrogens (tertiary/aromatic N) is 2. The Labute approximate surface area is 138 Å². The van der Waals surface area contributed by atoms with Crippen molar-refractivity contribution in [2.75, 3.05) is 11.9 Å². The largest absolute Gasteiger partial charge is 0.485 e. The summed E-state index contributed by atoms with van der Waals surface area (Å²) in [5.74, 6) is -0.258. The van der Waals surface area contributed by atoms with Crippen molar-refractivity contribution in [1.29, 1.82) is 0 Å². The standard InChI is InChI=1S/C16H17N3O5/c1-9-15(10(2)19(18-9)7-14(20)21)17-16(22)13-8-23-11-5-3-4-6-12(11)24-13/h3-6,13H,7-8H2,1-2H3,(H,17,22)(H,20,21). The Hall–Kier alpha value is -3.03. The Kier molecular flexibility index (Phi) is 4.11. The van der Waals surface area contributed by atoms with Gasteiger partial charge in [-0.15, -0.1) is 0 Å². The molecule has 1 aliphatic heterocycles. The summed E-state index contributed by atoms with van der Waals surface area (Å²) in [5.41, 5.74) is 1.60. The van der Waals surface area contributed by atoms with E-state index in [0.29, 0.717) is 28.6 Å². The van der Waals surface area contributed by atoms with Gasteiger partial charge in [0.15, 0.2) is 11.5 Å². The number of anilines is 1. The van der Waals surface area contributed by atoms with Crippen LogP contribution in [0.3, 0.4) is 0 Å². The highest BCUT2D eigenvalue weighted by atomic mass is 16.6. The minimum Gasteiger partial charge on any atom is -0.485 e. The van der Waals surface area contributed by atoms with Gasteiger partial charge in [0.25, 0.3) is 5.91 Å². The van der Waals surface area contributed by atoms with E-state index < -0.39 is 12.1 Å². The van der Waals surface area contributed by atoms with Crippen LogP contribution in [0.5, 0.6) is 11.5 Å². The number of ether oxygens (including phenoxy) is 2. The quantitative estimate of drug-likeness (QED) is 0.877. The Morgan fingerprint density at radius 3 is 2.75 bits per heavy atom. The van der Waals surface area contributed by atoms with Crippen molar-refractivity contribution in [3.8, 4) is 11.5 Å². The highest BCUT2D eigenvalue weighted by Crippen LogP contribution is 2.31. The Morgan fingerprint density at radius 2 is 2.04 bits per heavy atom. The van der Waals surface area contributed by atoms with E-state index in [0.717, 1.165) is 0 Å². The van der Waals surface area contributed by atoms with Gasteiger partial charge in [-0.3, -0.25) is 14.3 Å². The summed E-state index contributed by atoms with van der Waals surface area (Å²) in [4.78, 5) is 23.3. The highest BCUT2D eigenvalue weighted by molar-refractivity contribution is 5.95. The molecule has 3 rings (SSSR count). The number of carbonyl (C=O) groups is 2. The zero-order valence-corrected chi connectivity index (χ0v) is 13.3. The molecule has 8 nitrogen and oxygen atoms in total. The molecule has 0 saturated carbocycles. The third kappa shape index (κ3) is 3.03. The number of fused-ring (bicyclic) bond motifs is 1. The van der Waals surface area contributed by atoms with E-state index in [9.17, 15) is 9.59 Å². The van der Waals surface area contributed by atoms with Gasteiger partial charge in [-0.1, -0.05) is 12.1 Å². The fourth-order valence-electron chi connectivity index (χ4n) is 2.51.